The maximum atomic E-state index is 5.71. The Hall–Kier alpha value is -1.22. The largest absolute Gasteiger partial charge is 0.496 e. The third-order valence-electron chi connectivity index (χ3n) is 4.90. The van der Waals surface area contributed by atoms with Gasteiger partial charge < -0.3 is 15.0 Å². The summed E-state index contributed by atoms with van der Waals surface area (Å²) >= 11 is 0. The molecule has 3 heteroatoms. The van der Waals surface area contributed by atoms with Gasteiger partial charge in [0.2, 0.25) is 0 Å². The van der Waals surface area contributed by atoms with Crippen molar-refractivity contribution in [2.75, 3.05) is 12.0 Å². The van der Waals surface area contributed by atoms with Crippen LogP contribution in [0.4, 0.5) is 5.69 Å². The van der Waals surface area contributed by atoms with Gasteiger partial charge in [-0.15, -0.1) is 0 Å². The molecular formula is C20H34N2O. The zero-order valence-corrected chi connectivity index (χ0v) is 16.2. The van der Waals surface area contributed by atoms with Crippen molar-refractivity contribution in [2.24, 2.45) is 0 Å². The van der Waals surface area contributed by atoms with Crippen LogP contribution < -0.4 is 15.0 Å². The number of rotatable bonds is 5. The van der Waals surface area contributed by atoms with E-state index in [0.717, 1.165) is 12.3 Å². The molecule has 1 atom stereocenters. The number of hydrogen-bond donors (Lipinski definition) is 1. The molecule has 1 heterocycles. The van der Waals surface area contributed by atoms with Gasteiger partial charge in [0.25, 0.3) is 0 Å². The van der Waals surface area contributed by atoms with Crippen LogP contribution in [0.5, 0.6) is 5.75 Å². The van der Waals surface area contributed by atoms with Crippen molar-refractivity contribution in [1.82, 2.24) is 5.32 Å². The van der Waals surface area contributed by atoms with Crippen LogP contribution in [0.2, 0.25) is 0 Å². The number of anilines is 1. The number of nitrogens with one attached hydrogen (secondary N) is 1. The van der Waals surface area contributed by atoms with Gasteiger partial charge in [-0.05, 0) is 51.7 Å². The van der Waals surface area contributed by atoms with Crippen molar-refractivity contribution < 1.29 is 4.74 Å². The molecule has 0 amide bonds. The number of ether oxygens (including phenoxy) is 1. The molecule has 0 radical (unpaired) electrons. The zero-order valence-electron chi connectivity index (χ0n) is 16.2. The lowest BCUT2D eigenvalue weighted by Crippen LogP contribution is -2.51. The van der Waals surface area contributed by atoms with E-state index in [-0.39, 0.29) is 5.54 Å². The maximum Gasteiger partial charge on any atom is 0.125 e. The highest BCUT2D eigenvalue weighted by Gasteiger charge is 2.38. The molecule has 0 saturated heterocycles. The molecule has 1 aliphatic rings. The summed E-state index contributed by atoms with van der Waals surface area (Å²) in [5, 5.41) is 3.51. The van der Waals surface area contributed by atoms with Crippen LogP contribution in [0.3, 0.4) is 0 Å². The van der Waals surface area contributed by atoms with E-state index in [1.54, 1.807) is 7.11 Å². The van der Waals surface area contributed by atoms with Gasteiger partial charge in [-0.25, -0.2) is 0 Å². The van der Waals surface area contributed by atoms with Crippen LogP contribution >= 0.6 is 0 Å². The molecule has 23 heavy (non-hydrogen) atoms. The van der Waals surface area contributed by atoms with E-state index in [4.69, 9.17) is 4.74 Å². The fraction of sp³-hybridized carbons (Fsp3) is 0.700. The van der Waals surface area contributed by atoms with Crippen LogP contribution in [-0.2, 0) is 6.54 Å². The monoisotopic (exact) mass is 318 g/mol. The lowest BCUT2D eigenvalue weighted by molar-refractivity contribution is 0.353. The molecule has 130 valence electrons. The molecule has 1 N–H and O–H groups in total. The minimum atomic E-state index is 0.170. The third-order valence-corrected chi connectivity index (χ3v) is 4.90. The molecule has 0 saturated carbocycles. The number of fused-ring (bicyclic) bond motifs is 1. The molecule has 0 fully saturated rings. The summed E-state index contributed by atoms with van der Waals surface area (Å²) in [4.78, 5) is 2.56. The Morgan fingerprint density at radius 1 is 1.26 bits per heavy atom. The topological polar surface area (TPSA) is 24.5 Å². The maximum absolute atomic E-state index is 5.71. The van der Waals surface area contributed by atoms with E-state index in [1.165, 1.54) is 23.2 Å². The first-order valence-electron chi connectivity index (χ1n) is 8.91. The first kappa shape index (κ1) is 18.1. The lowest BCUT2D eigenvalue weighted by atomic mass is 9.78. The van der Waals surface area contributed by atoms with E-state index in [9.17, 15) is 0 Å². The van der Waals surface area contributed by atoms with E-state index in [1.807, 2.05) is 0 Å². The van der Waals surface area contributed by atoms with Gasteiger partial charge in [0.1, 0.15) is 5.75 Å². The zero-order chi connectivity index (χ0) is 17.4. The smallest absolute Gasteiger partial charge is 0.125 e. The summed E-state index contributed by atoms with van der Waals surface area (Å²) in [7, 11) is 1.78. The second-order valence-electron chi connectivity index (χ2n) is 8.14. The van der Waals surface area contributed by atoms with Crippen LogP contribution in [0, 0.1) is 0 Å². The molecule has 3 nitrogen and oxygen atoms in total. The minimum Gasteiger partial charge on any atom is -0.496 e. The van der Waals surface area contributed by atoms with Crippen LogP contribution in [0.1, 0.15) is 71.9 Å². The lowest BCUT2D eigenvalue weighted by Gasteiger charge is -2.50. The molecule has 0 bridgehead atoms. The van der Waals surface area contributed by atoms with Gasteiger partial charge in [-0.2, -0.15) is 0 Å². The SMILES string of the molecule is COc1cc2c(cc1CNC(C)C)C(C)CC(C)(C)N2C(C)C. The summed E-state index contributed by atoms with van der Waals surface area (Å²) < 4.78 is 5.71. The summed E-state index contributed by atoms with van der Waals surface area (Å²) in [6.45, 7) is 16.8. The van der Waals surface area contributed by atoms with E-state index >= 15 is 0 Å². The van der Waals surface area contributed by atoms with E-state index in [2.05, 4.69) is 70.8 Å². The Morgan fingerprint density at radius 2 is 1.91 bits per heavy atom. The second kappa shape index (κ2) is 6.72. The predicted octanol–water partition coefficient (Wildman–Crippen LogP) is 4.69. The van der Waals surface area contributed by atoms with Crippen LogP contribution in [-0.4, -0.2) is 24.7 Å². The number of benzene rings is 1. The average Bonchev–Trinajstić information content (AvgIpc) is 2.42. The Bertz CT molecular complexity index is 549. The molecule has 0 spiro atoms. The van der Waals surface area contributed by atoms with Crippen molar-refractivity contribution in [1.29, 1.82) is 0 Å². The summed E-state index contributed by atoms with van der Waals surface area (Å²) in [6.07, 6.45) is 1.18. The number of methoxy groups -OCH3 is 1. The van der Waals surface area contributed by atoms with Crippen LogP contribution in [0.15, 0.2) is 12.1 Å². The fourth-order valence-corrected chi connectivity index (χ4v) is 4.14. The highest BCUT2D eigenvalue weighted by atomic mass is 16.5. The molecule has 1 aromatic carbocycles. The molecule has 1 unspecified atom stereocenters. The third kappa shape index (κ3) is 3.65. The highest BCUT2D eigenvalue weighted by molar-refractivity contribution is 5.65. The molecule has 2 rings (SSSR count). The summed E-state index contributed by atoms with van der Waals surface area (Å²) in [5.74, 6) is 1.56. The van der Waals surface area contributed by atoms with Gasteiger partial charge in [0, 0.05) is 41.5 Å². The minimum absolute atomic E-state index is 0.170. The van der Waals surface area contributed by atoms with Crippen molar-refractivity contribution in [3.05, 3.63) is 23.3 Å². The first-order valence-corrected chi connectivity index (χ1v) is 8.91. The molecule has 1 aromatic rings. The van der Waals surface area contributed by atoms with Crippen LogP contribution in [0.25, 0.3) is 0 Å². The number of nitrogens with zero attached hydrogens (tertiary/aromatic N) is 1. The summed E-state index contributed by atoms with van der Waals surface area (Å²) in [6, 6.07) is 5.56. The van der Waals surface area contributed by atoms with Crippen molar-refractivity contribution >= 4 is 5.69 Å². The standard InChI is InChI=1S/C20H34N2O/c1-13(2)21-12-16-9-17-15(5)11-20(6,7)22(14(3)4)18(17)10-19(16)23-8/h9-10,13-15,21H,11-12H2,1-8H3. The molecule has 0 aliphatic carbocycles. The summed E-state index contributed by atoms with van der Waals surface area (Å²) in [5.41, 5.74) is 4.23. The van der Waals surface area contributed by atoms with E-state index in [0.29, 0.717) is 18.0 Å². The normalized spacial score (nSPS) is 20.1. The van der Waals surface area contributed by atoms with E-state index < -0.39 is 0 Å². The van der Waals surface area contributed by atoms with Gasteiger partial charge in [-0.3, -0.25) is 0 Å². The van der Waals surface area contributed by atoms with Gasteiger partial charge in [-0.1, -0.05) is 20.8 Å². The Morgan fingerprint density at radius 3 is 2.43 bits per heavy atom. The Kier molecular flexibility index (Phi) is 5.30. The molecule has 0 aromatic heterocycles. The van der Waals surface area contributed by atoms with Crippen molar-refractivity contribution in [2.45, 2.75) is 85.0 Å². The van der Waals surface area contributed by atoms with Gasteiger partial charge in [0.05, 0.1) is 7.11 Å². The quantitative estimate of drug-likeness (QED) is 0.852. The van der Waals surface area contributed by atoms with Gasteiger partial charge >= 0.3 is 0 Å². The number of hydrogen-bond acceptors (Lipinski definition) is 3. The van der Waals surface area contributed by atoms with Crippen molar-refractivity contribution in [3.8, 4) is 5.75 Å². The van der Waals surface area contributed by atoms with Crippen molar-refractivity contribution in [3.63, 3.8) is 0 Å². The highest BCUT2D eigenvalue weighted by Crippen LogP contribution is 2.46. The predicted molar refractivity (Wildman–Crippen MR) is 99.7 cm³/mol. The Labute approximate surface area is 142 Å². The fourth-order valence-electron chi connectivity index (χ4n) is 4.14. The average molecular weight is 319 g/mol. The Balaban J connectivity index is 2.51. The van der Waals surface area contributed by atoms with Gasteiger partial charge in [0.15, 0.2) is 0 Å². The molecular weight excluding hydrogens is 284 g/mol. The first-order chi connectivity index (χ1) is 10.7. The second-order valence-corrected chi connectivity index (χ2v) is 8.14. The molecule has 1 aliphatic heterocycles.